The third kappa shape index (κ3) is 4.77. The number of carbonyl (C=O) groups excluding carboxylic acids is 1. The first-order chi connectivity index (χ1) is 14.7. The van der Waals surface area contributed by atoms with E-state index in [4.69, 9.17) is 9.47 Å². The van der Waals surface area contributed by atoms with Crippen LogP contribution >= 0.6 is 34.9 Å². The molecule has 0 unspecified atom stereocenters. The zero-order valence-corrected chi connectivity index (χ0v) is 19.2. The highest BCUT2D eigenvalue weighted by atomic mass is 32.2. The lowest BCUT2D eigenvalue weighted by molar-refractivity contribution is 0.102. The number of nitrogens with one attached hydrogen (secondary N) is 1. The Labute approximate surface area is 188 Å². The molecule has 1 N–H and O–H groups in total. The van der Waals surface area contributed by atoms with Crippen LogP contribution in [0.5, 0.6) is 11.5 Å². The molecule has 0 radical (unpaired) electrons. The van der Waals surface area contributed by atoms with Gasteiger partial charge >= 0.3 is 0 Å². The lowest BCUT2D eigenvalue weighted by Crippen LogP contribution is -2.11. The van der Waals surface area contributed by atoms with Gasteiger partial charge in [0.05, 0.1) is 24.5 Å². The fourth-order valence-electron chi connectivity index (χ4n) is 3.10. The second kappa shape index (κ2) is 9.76. The molecule has 0 spiro atoms. The van der Waals surface area contributed by atoms with Crippen molar-refractivity contribution in [3.63, 3.8) is 0 Å². The molecule has 0 aliphatic carbocycles. The van der Waals surface area contributed by atoms with Gasteiger partial charge in [-0.15, -0.1) is 34.9 Å². The van der Waals surface area contributed by atoms with Crippen molar-refractivity contribution in [3.05, 3.63) is 59.0 Å². The maximum atomic E-state index is 12.6. The van der Waals surface area contributed by atoms with Gasteiger partial charge in [0.15, 0.2) is 16.6 Å². The number of aromatic nitrogens is 1. The molecule has 1 aliphatic heterocycles. The van der Waals surface area contributed by atoms with Gasteiger partial charge in [-0.2, -0.15) is 0 Å². The highest BCUT2D eigenvalue weighted by Gasteiger charge is 2.17. The second-order valence-corrected chi connectivity index (χ2v) is 10.2. The summed E-state index contributed by atoms with van der Waals surface area (Å²) in [4.78, 5) is 17.2. The molecule has 8 heteroatoms. The van der Waals surface area contributed by atoms with Gasteiger partial charge in [0, 0.05) is 16.5 Å². The largest absolute Gasteiger partial charge is 0.493 e. The quantitative estimate of drug-likeness (QED) is 0.493. The summed E-state index contributed by atoms with van der Waals surface area (Å²) < 4.78 is 11.1. The number of carbonyl (C=O) groups is 1. The summed E-state index contributed by atoms with van der Waals surface area (Å²) in [5.74, 6) is 3.55. The molecule has 1 aliphatic rings. The second-order valence-electron chi connectivity index (χ2n) is 6.61. The predicted molar refractivity (Wildman–Crippen MR) is 127 cm³/mol. The van der Waals surface area contributed by atoms with Crippen LogP contribution in [-0.2, 0) is 0 Å². The first-order valence-electron chi connectivity index (χ1n) is 9.50. The summed E-state index contributed by atoms with van der Waals surface area (Å²) in [7, 11) is 3.21. The van der Waals surface area contributed by atoms with Crippen molar-refractivity contribution in [2.45, 2.75) is 11.0 Å². The molecule has 4 rings (SSSR count). The summed E-state index contributed by atoms with van der Waals surface area (Å²) in [6.45, 7) is 0. The predicted octanol–water partition coefficient (Wildman–Crippen LogP) is 5.95. The molecule has 2 heterocycles. The van der Waals surface area contributed by atoms with Crippen molar-refractivity contribution >= 4 is 45.9 Å². The summed E-state index contributed by atoms with van der Waals surface area (Å²) >= 11 is 5.35. The highest BCUT2D eigenvalue weighted by Crippen LogP contribution is 2.43. The van der Waals surface area contributed by atoms with Gasteiger partial charge in [-0.05, 0) is 53.8 Å². The molecule has 1 aromatic heterocycles. The Hall–Kier alpha value is -2.16. The minimum absolute atomic E-state index is 0.154. The number of hydrogen-bond acceptors (Lipinski definition) is 7. The first-order valence-corrected chi connectivity index (χ1v) is 12.5. The molecule has 2 aromatic carbocycles. The van der Waals surface area contributed by atoms with E-state index in [0.29, 0.717) is 26.8 Å². The lowest BCUT2D eigenvalue weighted by Gasteiger charge is -2.21. The average molecular weight is 459 g/mol. The Morgan fingerprint density at radius 1 is 1.03 bits per heavy atom. The van der Waals surface area contributed by atoms with Gasteiger partial charge in [-0.1, -0.05) is 12.1 Å². The van der Waals surface area contributed by atoms with Crippen molar-refractivity contribution < 1.29 is 14.3 Å². The molecule has 0 bridgehead atoms. The summed E-state index contributed by atoms with van der Waals surface area (Å²) in [5.41, 5.74) is 3.58. The molecule has 1 fully saturated rings. The molecule has 3 aromatic rings. The van der Waals surface area contributed by atoms with Gasteiger partial charge in [0.1, 0.15) is 0 Å². The number of thioether (sulfide) groups is 2. The molecular formula is C22H22N2O3S3. The van der Waals surface area contributed by atoms with E-state index in [9.17, 15) is 4.79 Å². The van der Waals surface area contributed by atoms with E-state index in [2.05, 4.69) is 22.4 Å². The van der Waals surface area contributed by atoms with Crippen LogP contribution in [0, 0.1) is 0 Å². The van der Waals surface area contributed by atoms with Crippen molar-refractivity contribution in [2.75, 3.05) is 31.0 Å². The molecule has 30 heavy (non-hydrogen) atoms. The van der Waals surface area contributed by atoms with Crippen LogP contribution in [0.15, 0.2) is 47.8 Å². The standard InChI is InChI=1S/C22H22N2O3S3/c1-26-18-9-8-16(12-19(18)27-2)17-13-30-22(23-17)24-20(25)14-4-6-15(7-5-14)21-28-10-3-11-29-21/h4-9,12-13,21H,3,10-11H2,1-2H3,(H,23,24,25). The summed E-state index contributed by atoms with van der Waals surface area (Å²) in [5, 5.41) is 5.38. The van der Waals surface area contributed by atoms with Crippen molar-refractivity contribution in [1.82, 2.24) is 4.98 Å². The monoisotopic (exact) mass is 458 g/mol. The minimum atomic E-state index is -0.154. The van der Waals surface area contributed by atoms with E-state index in [1.807, 2.05) is 59.2 Å². The van der Waals surface area contributed by atoms with Crippen LogP contribution in [0.2, 0.25) is 0 Å². The number of thiazole rings is 1. The number of rotatable bonds is 6. The van der Waals surface area contributed by atoms with Crippen LogP contribution in [0.4, 0.5) is 5.13 Å². The maximum absolute atomic E-state index is 12.6. The van der Waals surface area contributed by atoms with Crippen molar-refractivity contribution in [3.8, 4) is 22.8 Å². The Morgan fingerprint density at radius 3 is 2.47 bits per heavy atom. The fraction of sp³-hybridized carbons (Fsp3) is 0.273. The molecule has 5 nitrogen and oxygen atoms in total. The van der Waals surface area contributed by atoms with E-state index in [0.717, 1.165) is 11.3 Å². The van der Waals surface area contributed by atoms with Crippen LogP contribution in [0.3, 0.4) is 0 Å². The van der Waals surface area contributed by atoms with E-state index in [1.54, 1.807) is 14.2 Å². The topological polar surface area (TPSA) is 60.5 Å². The van der Waals surface area contributed by atoms with E-state index < -0.39 is 0 Å². The zero-order valence-electron chi connectivity index (χ0n) is 16.7. The number of nitrogens with zero attached hydrogens (tertiary/aromatic N) is 1. The van der Waals surface area contributed by atoms with Gasteiger partial charge in [-0.25, -0.2) is 4.98 Å². The van der Waals surface area contributed by atoms with Gasteiger partial charge in [0.2, 0.25) is 0 Å². The number of amides is 1. The lowest BCUT2D eigenvalue weighted by atomic mass is 10.1. The minimum Gasteiger partial charge on any atom is -0.493 e. The molecule has 0 saturated carbocycles. The van der Waals surface area contributed by atoms with Crippen LogP contribution in [-0.4, -0.2) is 36.6 Å². The van der Waals surface area contributed by atoms with E-state index in [1.165, 1.54) is 34.8 Å². The fourth-order valence-corrected chi connectivity index (χ4v) is 6.71. The Kier molecular flexibility index (Phi) is 6.86. The third-order valence-electron chi connectivity index (χ3n) is 4.68. The molecule has 1 amide bonds. The Balaban J connectivity index is 1.44. The number of anilines is 1. The molecule has 156 valence electrons. The van der Waals surface area contributed by atoms with Crippen LogP contribution in [0.25, 0.3) is 11.3 Å². The van der Waals surface area contributed by atoms with E-state index >= 15 is 0 Å². The zero-order chi connectivity index (χ0) is 20.9. The smallest absolute Gasteiger partial charge is 0.257 e. The first kappa shape index (κ1) is 21.1. The van der Waals surface area contributed by atoms with Crippen LogP contribution < -0.4 is 14.8 Å². The number of benzene rings is 2. The molecule has 1 saturated heterocycles. The van der Waals surface area contributed by atoms with Crippen molar-refractivity contribution in [2.24, 2.45) is 0 Å². The SMILES string of the molecule is COc1ccc(-c2csc(NC(=O)c3ccc(C4SCCCS4)cc3)n2)cc1OC. The van der Waals surface area contributed by atoms with E-state index in [-0.39, 0.29) is 5.91 Å². The average Bonchev–Trinajstić information content (AvgIpc) is 3.27. The maximum Gasteiger partial charge on any atom is 0.257 e. The highest BCUT2D eigenvalue weighted by molar-refractivity contribution is 8.16. The van der Waals surface area contributed by atoms with Gasteiger partial charge in [0.25, 0.3) is 5.91 Å². The Morgan fingerprint density at radius 2 is 1.77 bits per heavy atom. The number of methoxy groups -OCH3 is 2. The van der Waals surface area contributed by atoms with Crippen molar-refractivity contribution in [1.29, 1.82) is 0 Å². The third-order valence-corrected chi connectivity index (χ3v) is 8.45. The number of hydrogen-bond donors (Lipinski definition) is 1. The molecule has 0 atom stereocenters. The summed E-state index contributed by atoms with van der Waals surface area (Å²) in [6, 6.07) is 13.5. The van der Waals surface area contributed by atoms with Gasteiger partial charge in [-0.3, -0.25) is 10.1 Å². The number of ether oxygens (including phenoxy) is 2. The van der Waals surface area contributed by atoms with Crippen LogP contribution in [0.1, 0.15) is 26.9 Å². The Bertz CT molecular complexity index is 1010. The molecular weight excluding hydrogens is 436 g/mol. The van der Waals surface area contributed by atoms with Gasteiger partial charge < -0.3 is 9.47 Å². The normalized spacial score (nSPS) is 14.3. The summed E-state index contributed by atoms with van der Waals surface area (Å²) in [6.07, 6.45) is 1.27.